The molecule has 26 heavy (non-hydrogen) atoms. The van der Waals surface area contributed by atoms with E-state index in [0.717, 1.165) is 35.5 Å². The molecular formula is C19H23N3O4. The number of nitrogens with zero attached hydrogens (tertiary/aromatic N) is 3. The van der Waals surface area contributed by atoms with Crippen molar-refractivity contribution in [3.63, 3.8) is 0 Å². The number of ketones is 1. The van der Waals surface area contributed by atoms with Crippen molar-refractivity contribution in [1.82, 2.24) is 14.7 Å². The van der Waals surface area contributed by atoms with E-state index in [-0.39, 0.29) is 18.6 Å². The number of methoxy groups -OCH3 is 1. The summed E-state index contributed by atoms with van der Waals surface area (Å²) < 4.78 is 18.6. The molecule has 0 amide bonds. The number of hydrogen-bond acceptors (Lipinski definition) is 6. The molecule has 0 bridgehead atoms. The van der Waals surface area contributed by atoms with Gasteiger partial charge in [0.15, 0.2) is 17.3 Å². The van der Waals surface area contributed by atoms with E-state index in [2.05, 4.69) is 10.00 Å². The van der Waals surface area contributed by atoms with Crippen LogP contribution in [0.4, 0.5) is 0 Å². The van der Waals surface area contributed by atoms with Crippen LogP contribution >= 0.6 is 0 Å². The Morgan fingerprint density at radius 2 is 2.19 bits per heavy atom. The molecule has 2 aliphatic rings. The van der Waals surface area contributed by atoms with Crippen LogP contribution in [0.3, 0.4) is 0 Å². The van der Waals surface area contributed by atoms with Gasteiger partial charge < -0.3 is 14.2 Å². The molecule has 0 N–H and O–H groups in total. The Labute approximate surface area is 152 Å². The summed E-state index contributed by atoms with van der Waals surface area (Å²) in [7, 11) is 5.52. The lowest BCUT2D eigenvalue weighted by Crippen LogP contribution is -2.34. The highest BCUT2D eigenvalue weighted by Crippen LogP contribution is 2.50. The average Bonchev–Trinajstić information content (AvgIpc) is 3.22. The van der Waals surface area contributed by atoms with Crippen LogP contribution in [0.1, 0.15) is 39.6 Å². The zero-order valence-corrected chi connectivity index (χ0v) is 15.5. The van der Waals surface area contributed by atoms with Gasteiger partial charge in [-0.05, 0) is 32.0 Å². The lowest BCUT2D eigenvalue weighted by atomic mass is 9.87. The molecule has 138 valence electrons. The molecule has 3 heterocycles. The number of aryl methyl sites for hydroxylation is 1. The van der Waals surface area contributed by atoms with E-state index >= 15 is 0 Å². The minimum absolute atomic E-state index is 0.0738. The van der Waals surface area contributed by atoms with E-state index < -0.39 is 0 Å². The third-order valence-corrected chi connectivity index (χ3v) is 5.46. The Bertz CT molecular complexity index is 874. The van der Waals surface area contributed by atoms with Crippen molar-refractivity contribution >= 4 is 5.78 Å². The van der Waals surface area contributed by atoms with E-state index in [4.69, 9.17) is 14.2 Å². The van der Waals surface area contributed by atoms with E-state index in [1.54, 1.807) is 18.0 Å². The number of hydrogen-bond donors (Lipinski definition) is 0. The first-order chi connectivity index (χ1) is 12.5. The molecule has 0 saturated heterocycles. The third-order valence-electron chi connectivity index (χ3n) is 5.46. The standard InChI is InChI=1S/C19H23N3O4/c1-11-13(9-20-22(11)3)15(23)8-14-17-12(5-6-21(14)2)7-16-18(19(17)24-4)26-10-25-16/h7,9,14H,5-6,8,10H2,1-4H3. The number of likely N-dealkylation sites (N-methyl/N-ethyl adjacent to an activating group) is 1. The summed E-state index contributed by atoms with van der Waals surface area (Å²) in [5.74, 6) is 2.12. The number of ether oxygens (including phenoxy) is 3. The van der Waals surface area contributed by atoms with Crippen LogP contribution in [-0.4, -0.2) is 48.0 Å². The summed E-state index contributed by atoms with van der Waals surface area (Å²) in [6.45, 7) is 2.99. The molecule has 1 atom stereocenters. The van der Waals surface area contributed by atoms with Gasteiger partial charge in [-0.15, -0.1) is 0 Å². The second-order valence-electron chi connectivity index (χ2n) is 6.86. The zero-order valence-electron chi connectivity index (χ0n) is 15.5. The van der Waals surface area contributed by atoms with Gasteiger partial charge in [-0.1, -0.05) is 0 Å². The minimum atomic E-state index is -0.0738. The van der Waals surface area contributed by atoms with Gasteiger partial charge in [0.05, 0.1) is 18.9 Å². The van der Waals surface area contributed by atoms with E-state index in [1.165, 1.54) is 0 Å². The van der Waals surface area contributed by atoms with Gasteiger partial charge in [0.25, 0.3) is 0 Å². The molecule has 0 saturated carbocycles. The number of fused-ring (bicyclic) bond motifs is 2. The Morgan fingerprint density at radius 1 is 1.38 bits per heavy atom. The highest BCUT2D eigenvalue weighted by atomic mass is 16.7. The van der Waals surface area contributed by atoms with E-state index in [9.17, 15) is 4.79 Å². The topological polar surface area (TPSA) is 65.8 Å². The molecule has 7 nitrogen and oxygen atoms in total. The average molecular weight is 357 g/mol. The van der Waals surface area contributed by atoms with E-state index in [1.807, 2.05) is 27.1 Å². The monoisotopic (exact) mass is 357 g/mol. The second-order valence-corrected chi connectivity index (χ2v) is 6.86. The lowest BCUT2D eigenvalue weighted by Gasteiger charge is -2.35. The van der Waals surface area contributed by atoms with Crippen LogP contribution in [0.15, 0.2) is 12.3 Å². The molecule has 0 fully saturated rings. The Kier molecular flexibility index (Phi) is 4.11. The Morgan fingerprint density at radius 3 is 2.88 bits per heavy atom. The van der Waals surface area contributed by atoms with Gasteiger partial charge in [-0.3, -0.25) is 14.4 Å². The summed E-state index contributed by atoms with van der Waals surface area (Å²) in [5, 5.41) is 4.20. The summed E-state index contributed by atoms with van der Waals surface area (Å²) >= 11 is 0. The van der Waals surface area contributed by atoms with Crippen LogP contribution in [0, 0.1) is 6.92 Å². The maximum Gasteiger partial charge on any atom is 0.231 e. The molecule has 0 radical (unpaired) electrons. The number of benzene rings is 1. The van der Waals surface area contributed by atoms with Crippen molar-refractivity contribution in [1.29, 1.82) is 0 Å². The quantitative estimate of drug-likeness (QED) is 0.782. The van der Waals surface area contributed by atoms with Crippen LogP contribution in [0.2, 0.25) is 0 Å². The van der Waals surface area contributed by atoms with Gasteiger partial charge >= 0.3 is 0 Å². The van der Waals surface area contributed by atoms with Crippen LogP contribution < -0.4 is 14.2 Å². The van der Waals surface area contributed by atoms with Crippen LogP contribution in [0.25, 0.3) is 0 Å². The summed E-state index contributed by atoms with van der Waals surface area (Å²) in [4.78, 5) is 15.2. The predicted octanol–water partition coefficient (Wildman–Crippen LogP) is 2.27. The minimum Gasteiger partial charge on any atom is -0.492 e. The van der Waals surface area contributed by atoms with Gasteiger partial charge in [-0.25, -0.2) is 0 Å². The fourth-order valence-corrected chi connectivity index (χ4v) is 3.84. The van der Waals surface area contributed by atoms with Crippen LogP contribution in [-0.2, 0) is 13.5 Å². The van der Waals surface area contributed by atoms with Gasteiger partial charge in [0.2, 0.25) is 12.5 Å². The zero-order chi connectivity index (χ0) is 18.4. The first-order valence-electron chi connectivity index (χ1n) is 8.72. The number of carbonyl (C=O) groups is 1. The highest BCUT2D eigenvalue weighted by Gasteiger charge is 2.35. The molecule has 1 aromatic heterocycles. The summed E-state index contributed by atoms with van der Waals surface area (Å²) in [5.41, 5.74) is 3.74. The van der Waals surface area contributed by atoms with Crippen molar-refractivity contribution in [2.45, 2.75) is 25.8 Å². The fraction of sp³-hybridized carbons (Fsp3) is 0.474. The SMILES string of the molecule is COc1c2c(cc3c1C(CC(=O)c1cnn(C)c1C)N(C)CC3)OCO2. The van der Waals surface area contributed by atoms with Crippen molar-refractivity contribution in [2.24, 2.45) is 7.05 Å². The number of Topliss-reactive ketones (excluding diaryl/α,β-unsaturated/α-hetero) is 1. The normalized spacial score (nSPS) is 18.7. The Hall–Kier alpha value is -2.54. The van der Waals surface area contributed by atoms with Crippen molar-refractivity contribution < 1.29 is 19.0 Å². The van der Waals surface area contributed by atoms with Crippen LogP contribution in [0.5, 0.6) is 17.2 Å². The summed E-state index contributed by atoms with van der Waals surface area (Å²) in [6.07, 6.45) is 2.90. The first-order valence-corrected chi connectivity index (χ1v) is 8.72. The molecule has 2 aromatic rings. The molecule has 0 aliphatic carbocycles. The maximum absolute atomic E-state index is 13.0. The van der Waals surface area contributed by atoms with Crippen molar-refractivity contribution in [3.05, 3.63) is 34.6 Å². The fourth-order valence-electron chi connectivity index (χ4n) is 3.84. The molecule has 4 rings (SSSR count). The largest absolute Gasteiger partial charge is 0.492 e. The number of rotatable bonds is 4. The van der Waals surface area contributed by atoms with Crippen molar-refractivity contribution in [3.8, 4) is 17.2 Å². The maximum atomic E-state index is 13.0. The lowest BCUT2D eigenvalue weighted by molar-refractivity contribution is 0.0925. The first kappa shape index (κ1) is 16.9. The number of aromatic nitrogens is 2. The van der Waals surface area contributed by atoms with E-state index in [0.29, 0.717) is 23.5 Å². The smallest absolute Gasteiger partial charge is 0.231 e. The Balaban J connectivity index is 1.74. The molecule has 1 unspecified atom stereocenters. The predicted molar refractivity (Wildman–Crippen MR) is 95.1 cm³/mol. The molecule has 0 spiro atoms. The molecule has 1 aromatic carbocycles. The van der Waals surface area contributed by atoms with Gasteiger partial charge in [-0.2, -0.15) is 5.10 Å². The number of carbonyl (C=O) groups excluding carboxylic acids is 1. The second kappa shape index (κ2) is 6.32. The highest BCUT2D eigenvalue weighted by molar-refractivity contribution is 5.97. The molecular weight excluding hydrogens is 334 g/mol. The molecule has 2 aliphatic heterocycles. The summed E-state index contributed by atoms with van der Waals surface area (Å²) in [6, 6.07) is 1.95. The third kappa shape index (κ3) is 2.54. The van der Waals surface area contributed by atoms with Gasteiger partial charge in [0, 0.05) is 37.3 Å². The van der Waals surface area contributed by atoms with Gasteiger partial charge in [0.1, 0.15) is 0 Å². The molecule has 7 heteroatoms. The van der Waals surface area contributed by atoms with Crippen molar-refractivity contribution in [2.75, 3.05) is 27.5 Å².